The first-order valence-corrected chi connectivity index (χ1v) is 16.9. The molecule has 5 N–H and O–H groups in total. The number of hydrogen-bond acceptors (Lipinski definition) is 7. The van der Waals surface area contributed by atoms with Crippen molar-refractivity contribution in [1.29, 1.82) is 0 Å². The average molecular weight is 621 g/mol. The van der Waals surface area contributed by atoms with Gasteiger partial charge in [-0.3, -0.25) is 4.79 Å². The van der Waals surface area contributed by atoms with Crippen molar-refractivity contribution in [3.63, 3.8) is 0 Å². The maximum atomic E-state index is 12.2. The zero-order valence-corrected chi connectivity index (χ0v) is 28.2. The van der Waals surface area contributed by atoms with Crippen LogP contribution in [0.15, 0.2) is 24.3 Å². The van der Waals surface area contributed by atoms with Gasteiger partial charge in [-0.1, -0.05) is 58.9 Å². The Morgan fingerprint density at radius 1 is 1.07 bits per heavy atom. The molecule has 8 nitrogen and oxygen atoms in total. The molecule has 0 aromatic heterocycles. The molecule has 0 aromatic carbocycles. The van der Waals surface area contributed by atoms with Gasteiger partial charge in [0.25, 0.3) is 0 Å². The van der Waals surface area contributed by atoms with Crippen LogP contribution < -0.4 is 0 Å². The second-order valence-corrected chi connectivity index (χ2v) is 16.2. The maximum absolute atomic E-state index is 12.2. The van der Waals surface area contributed by atoms with Gasteiger partial charge in [0.15, 0.2) is 6.29 Å². The Morgan fingerprint density at radius 3 is 2.25 bits per heavy atom. The Kier molecular flexibility index (Phi) is 10.3. The lowest BCUT2D eigenvalue weighted by atomic mass is 9.37. The van der Waals surface area contributed by atoms with E-state index in [9.17, 15) is 30.3 Å². The molecule has 13 atom stereocenters. The molecule has 0 amide bonds. The van der Waals surface area contributed by atoms with Crippen molar-refractivity contribution in [2.75, 3.05) is 6.61 Å². The summed E-state index contributed by atoms with van der Waals surface area (Å²) < 4.78 is 12.6. The van der Waals surface area contributed by atoms with E-state index in [0.29, 0.717) is 25.2 Å². The fourth-order valence-electron chi connectivity index (χ4n) is 10.5. The minimum absolute atomic E-state index is 0.0581. The zero-order chi connectivity index (χ0) is 33.0. The molecular formula is C36H60O8. The number of rotatable bonds is 12. The molecular weight excluding hydrogens is 560 g/mol. The molecule has 0 unspecified atom stereocenters. The van der Waals surface area contributed by atoms with E-state index in [1.807, 2.05) is 6.92 Å². The minimum Gasteiger partial charge on any atom is -0.481 e. The third kappa shape index (κ3) is 5.97. The van der Waals surface area contributed by atoms with Crippen LogP contribution >= 0.6 is 0 Å². The summed E-state index contributed by atoms with van der Waals surface area (Å²) in [5.41, 5.74) is 0.484. The van der Waals surface area contributed by atoms with Crippen molar-refractivity contribution in [3.8, 4) is 0 Å². The number of hydrogen-bond donors (Lipinski definition) is 5. The number of aliphatic hydroxyl groups excluding tert-OH is 3. The Bertz CT molecular complexity index is 1090. The number of ether oxygens (including phenoxy) is 2. The maximum Gasteiger partial charge on any atom is 0.303 e. The molecule has 3 saturated carbocycles. The van der Waals surface area contributed by atoms with Crippen molar-refractivity contribution >= 4 is 5.97 Å². The summed E-state index contributed by atoms with van der Waals surface area (Å²) in [4.78, 5) is 11.9. The van der Waals surface area contributed by atoms with Crippen LogP contribution in [0.2, 0.25) is 0 Å². The molecule has 0 spiro atoms. The van der Waals surface area contributed by atoms with E-state index in [-0.39, 0.29) is 46.3 Å². The number of aliphatic carboxylic acids is 1. The molecule has 4 aliphatic rings. The van der Waals surface area contributed by atoms with Crippen molar-refractivity contribution in [3.05, 3.63) is 24.3 Å². The van der Waals surface area contributed by atoms with Crippen LogP contribution in [0.1, 0.15) is 106 Å². The summed E-state index contributed by atoms with van der Waals surface area (Å²) in [6.07, 6.45) is 1.15. The van der Waals surface area contributed by atoms with Crippen molar-refractivity contribution in [2.24, 2.45) is 45.8 Å². The fraction of sp³-hybridized carbons (Fsp3) is 0.861. The number of aliphatic hydroxyl groups is 4. The first-order chi connectivity index (χ1) is 20.3. The van der Waals surface area contributed by atoms with E-state index in [0.717, 1.165) is 43.3 Å². The van der Waals surface area contributed by atoms with Crippen molar-refractivity contribution in [1.82, 2.24) is 0 Å². The number of fused-ring (bicyclic) bond motifs is 3. The second kappa shape index (κ2) is 12.7. The van der Waals surface area contributed by atoms with Gasteiger partial charge in [-0.25, -0.2) is 0 Å². The lowest BCUT2D eigenvalue weighted by Crippen LogP contribution is -2.64. The molecule has 1 aliphatic heterocycles. The number of allylic oxidation sites excluding steroid dienone is 2. The van der Waals surface area contributed by atoms with Crippen LogP contribution in [0.4, 0.5) is 0 Å². The second-order valence-electron chi connectivity index (χ2n) is 16.2. The van der Waals surface area contributed by atoms with E-state index in [4.69, 9.17) is 9.47 Å². The summed E-state index contributed by atoms with van der Waals surface area (Å²) in [5, 5.41) is 53.1. The SMILES string of the molecule is C=C(CC[C@](C)(O)[C@H]1CC[C@]2(C)[C@@H]1[C@H](O[C@@H]1O[C@@H](CO)[C@H](O)[C@H]1O)C[C@@H]1[C@@](C)(CCC(=O)O)[C@H](C(=C)C)CC[C@]12C)C(C)C. The average Bonchev–Trinajstić information content (AvgIpc) is 3.45. The third-order valence-electron chi connectivity index (χ3n) is 13.5. The van der Waals surface area contributed by atoms with Gasteiger partial charge >= 0.3 is 5.97 Å². The van der Waals surface area contributed by atoms with Crippen LogP contribution in [0.3, 0.4) is 0 Å². The topological polar surface area (TPSA) is 137 Å². The molecule has 8 heteroatoms. The molecule has 44 heavy (non-hydrogen) atoms. The normalized spacial score (nSPS) is 45.0. The van der Waals surface area contributed by atoms with E-state index in [1.165, 1.54) is 0 Å². The largest absolute Gasteiger partial charge is 0.481 e. The summed E-state index contributed by atoms with van der Waals surface area (Å²) in [6.45, 7) is 23.4. The van der Waals surface area contributed by atoms with Crippen LogP contribution in [-0.2, 0) is 14.3 Å². The van der Waals surface area contributed by atoms with E-state index < -0.39 is 48.9 Å². The van der Waals surface area contributed by atoms with Gasteiger partial charge in [-0.15, -0.1) is 0 Å². The smallest absolute Gasteiger partial charge is 0.303 e. The Hall–Kier alpha value is -1.29. The molecule has 0 bridgehead atoms. The Balaban J connectivity index is 1.78. The predicted molar refractivity (Wildman–Crippen MR) is 170 cm³/mol. The highest BCUT2D eigenvalue weighted by atomic mass is 16.7. The lowest BCUT2D eigenvalue weighted by molar-refractivity contribution is -0.270. The monoisotopic (exact) mass is 620 g/mol. The fourth-order valence-corrected chi connectivity index (χ4v) is 10.5. The molecule has 1 saturated heterocycles. The molecule has 1 heterocycles. The van der Waals surface area contributed by atoms with Crippen LogP contribution in [0.25, 0.3) is 0 Å². The first-order valence-electron chi connectivity index (χ1n) is 16.9. The lowest BCUT2D eigenvalue weighted by Gasteiger charge is -2.68. The van der Waals surface area contributed by atoms with E-state index >= 15 is 0 Å². The third-order valence-corrected chi connectivity index (χ3v) is 13.5. The summed E-state index contributed by atoms with van der Waals surface area (Å²) in [6, 6.07) is 0. The van der Waals surface area contributed by atoms with E-state index in [1.54, 1.807) is 0 Å². The van der Waals surface area contributed by atoms with Gasteiger partial charge in [-0.05, 0) is 111 Å². The van der Waals surface area contributed by atoms with Crippen LogP contribution in [0, 0.1) is 45.8 Å². The number of carbonyl (C=O) groups is 1. The highest BCUT2D eigenvalue weighted by Crippen LogP contribution is 2.74. The standard InChI is InChI=1S/C36H60O8/c1-20(2)22(5)10-17-36(9,42)24-12-16-35(8)29(24)25(43-32-31(41)30(40)26(19-37)44-32)18-27-33(6,14-13-28(38)39)23(21(3)4)11-15-34(27,35)7/h20,23-27,29-32,37,40-42H,3,5,10-19H2,1-2,4,6-9H3,(H,38,39)/t23-,24-,25+,26-,27+,29-,30-,31+,32+,33-,34+,35+,36-/m0/s1. The number of carboxylic acids is 1. The van der Waals surface area contributed by atoms with Gasteiger partial charge in [0, 0.05) is 6.42 Å². The van der Waals surface area contributed by atoms with E-state index in [2.05, 4.69) is 54.7 Å². The number of carboxylic acid groups (broad SMARTS) is 1. The molecule has 0 radical (unpaired) electrons. The highest BCUT2D eigenvalue weighted by Gasteiger charge is 2.70. The molecule has 4 fully saturated rings. The molecule has 3 aliphatic carbocycles. The Morgan fingerprint density at radius 2 is 1.70 bits per heavy atom. The van der Waals surface area contributed by atoms with Gasteiger partial charge in [-0.2, -0.15) is 0 Å². The first kappa shape index (κ1) is 35.6. The van der Waals surface area contributed by atoms with Crippen molar-refractivity contribution in [2.45, 2.75) is 143 Å². The summed E-state index contributed by atoms with van der Waals surface area (Å²) in [7, 11) is 0. The van der Waals surface area contributed by atoms with Crippen LogP contribution in [0.5, 0.6) is 0 Å². The quantitative estimate of drug-likeness (QED) is 0.181. The summed E-state index contributed by atoms with van der Waals surface area (Å²) in [5.74, 6) is -0.342. The zero-order valence-electron chi connectivity index (χ0n) is 28.2. The summed E-state index contributed by atoms with van der Waals surface area (Å²) >= 11 is 0. The van der Waals surface area contributed by atoms with Crippen LogP contribution in [-0.4, -0.2) is 74.4 Å². The molecule has 252 valence electrons. The van der Waals surface area contributed by atoms with Gasteiger partial charge < -0.3 is 35.0 Å². The minimum atomic E-state index is -1.31. The highest BCUT2D eigenvalue weighted by molar-refractivity contribution is 5.66. The molecule has 0 aromatic rings. The van der Waals surface area contributed by atoms with Gasteiger partial charge in [0.1, 0.15) is 18.3 Å². The van der Waals surface area contributed by atoms with Gasteiger partial charge in [0.2, 0.25) is 0 Å². The van der Waals surface area contributed by atoms with Gasteiger partial charge in [0.05, 0.1) is 18.3 Å². The molecule has 4 rings (SSSR count). The predicted octanol–water partition coefficient (Wildman–Crippen LogP) is 5.47. The van der Waals surface area contributed by atoms with Crippen molar-refractivity contribution < 1.29 is 39.8 Å². The Labute approximate surface area is 264 Å².